The molecule has 0 radical (unpaired) electrons. The van der Waals surface area contributed by atoms with Gasteiger partial charge in [-0.1, -0.05) is 0 Å². The van der Waals surface area contributed by atoms with Gasteiger partial charge >= 0.3 is 5.38 Å². The van der Waals surface area contributed by atoms with Gasteiger partial charge in [0, 0.05) is 11.8 Å². The van der Waals surface area contributed by atoms with E-state index in [-0.39, 0.29) is 11.3 Å². The number of halogens is 3. The molecule has 0 N–H and O–H groups in total. The van der Waals surface area contributed by atoms with Gasteiger partial charge in [0.1, 0.15) is 5.75 Å². The SMILES string of the molecule is CCOc1cncc(C(=O)C(F)(F)Cl)c1. The van der Waals surface area contributed by atoms with Crippen LogP contribution in [-0.4, -0.2) is 22.8 Å². The first kappa shape index (κ1) is 11.8. The maximum atomic E-state index is 12.5. The van der Waals surface area contributed by atoms with Crippen molar-refractivity contribution in [2.75, 3.05) is 6.61 Å². The third-order valence-electron chi connectivity index (χ3n) is 1.54. The molecular weight excluding hydrogens is 228 g/mol. The van der Waals surface area contributed by atoms with E-state index in [2.05, 4.69) is 16.6 Å². The van der Waals surface area contributed by atoms with Gasteiger partial charge < -0.3 is 4.74 Å². The van der Waals surface area contributed by atoms with Crippen molar-refractivity contribution in [1.82, 2.24) is 4.98 Å². The zero-order valence-electron chi connectivity index (χ0n) is 7.84. The number of Topliss-reactive ketones (excluding diaryl/α,β-unsaturated/α-hetero) is 1. The topological polar surface area (TPSA) is 39.2 Å². The van der Waals surface area contributed by atoms with Gasteiger partial charge in [-0.3, -0.25) is 9.78 Å². The molecule has 1 heterocycles. The maximum absolute atomic E-state index is 12.5. The Morgan fingerprint density at radius 1 is 1.60 bits per heavy atom. The van der Waals surface area contributed by atoms with Crippen LogP contribution in [0.25, 0.3) is 0 Å². The summed E-state index contributed by atoms with van der Waals surface area (Å²) in [4.78, 5) is 14.6. The van der Waals surface area contributed by atoms with Crippen molar-refractivity contribution in [2.45, 2.75) is 12.3 Å². The van der Waals surface area contributed by atoms with Crippen LogP contribution in [0.3, 0.4) is 0 Å². The van der Waals surface area contributed by atoms with Gasteiger partial charge in [-0.2, -0.15) is 8.78 Å². The van der Waals surface area contributed by atoms with Crippen molar-refractivity contribution in [3.63, 3.8) is 0 Å². The van der Waals surface area contributed by atoms with Crippen molar-refractivity contribution in [2.24, 2.45) is 0 Å². The molecule has 0 fully saturated rings. The van der Waals surface area contributed by atoms with Crippen LogP contribution in [0.5, 0.6) is 5.75 Å². The van der Waals surface area contributed by atoms with Crippen molar-refractivity contribution in [3.05, 3.63) is 24.0 Å². The van der Waals surface area contributed by atoms with E-state index in [1.807, 2.05) is 0 Å². The predicted octanol–water partition coefficient (Wildman–Crippen LogP) is 2.49. The monoisotopic (exact) mass is 235 g/mol. The fraction of sp³-hybridized carbons (Fsp3) is 0.333. The highest BCUT2D eigenvalue weighted by Gasteiger charge is 2.36. The minimum atomic E-state index is -3.91. The second-order valence-electron chi connectivity index (χ2n) is 2.67. The molecular formula is C9H8ClF2NO2. The van der Waals surface area contributed by atoms with E-state index in [9.17, 15) is 13.6 Å². The van der Waals surface area contributed by atoms with Crippen molar-refractivity contribution >= 4 is 17.4 Å². The lowest BCUT2D eigenvalue weighted by Gasteiger charge is -2.07. The Hall–Kier alpha value is -1.23. The number of pyridine rings is 1. The van der Waals surface area contributed by atoms with Crippen LogP contribution >= 0.6 is 11.6 Å². The maximum Gasteiger partial charge on any atom is 0.384 e. The molecule has 6 heteroatoms. The summed E-state index contributed by atoms with van der Waals surface area (Å²) in [5, 5.41) is -3.91. The molecule has 0 spiro atoms. The fourth-order valence-corrected chi connectivity index (χ4v) is 1.06. The van der Waals surface area contributed by atoms with Crippen LogP contribution in [0, 0.1) is 0 Å². The molecule has 0 aliphatic rings. The normalized spacial score (nSPS) is 11.2. The number of rotatable bonds is 4. The number of ketones is 1. The Labute approximate surface area is 90.0 Å². The molecule has 0 aromatic carbocycles. The fourth-order valence-electron chi connectivity index (χ4n) is 0.952. The van der Waals surface area contributed by atoms with E-state index in [0.717, 1.165) is 6.20 Å². The summed E-state index contributed by atoms with van der Waals surface area (Å²) >= 11 is 4.60. The van der Waals surface area contributed by atoms with E-state index in [4.69, 9.17) is 4.74 Å². The minimum Gasteiger partial charge on any atom is -0.492 e. The van der Waals surface area contributed by atoms with Crippen LogP contribution in [-0.2, 0) is 0 Å². The van der Waals surface area contributed by atoms with Gasteiger partial charge in [-0.25, -0.2) is 0 Å². The molecule has 3 nitrogen and oxygen atoms in total. The smallest absolute Gasteiger partial charge is 0.384 e. The van der Waals surface area contributed by atoms with Gasteiger partial charge in [0.05, 0.1) is 12.8 Å². The molecule has 0 atom stereocenters. The second kappa shape index (κ2) is 4.53. The Bertz CT molecular complexity index is 365. The first-order valence-electron chi connectivity index (χ1n) is 4.14. The molecule has 0 aliphatic heterocycles. The number of alkyl halides is 3. The van der Waals surface area contributed by atoms with Gasteiger partial charge in [0.2, 0.25) is 5.78 Å². The van der Waals surface area contributed by atoms with Crippen LogP contribution < -0.4 is 4.74 Å². The Balaban J connectivity index is 2.95. The molecule has 82 valence electrons. The lowest BCUT2D eigenvalue weighted by Crippen LogP contribution is -2.21. The number of hydrogen-bond acceptors (Lipinski definition) is 3. The van der Waals surface area contributed by atoms with E-state index >= 15 is 0 Å². The average Bonchev–Trinajstić information content (AvgIpc) is 2.16. The highest BCUT2D eigenvalue weighted by atomic mass is 35.5. The summed E-state index contributed by atoms with van der Waals surface area (Å²) in [6, 6.07) is 1.18. The summed E-state index contributed by atoms with van der Waals surface area (Å²) < 4.78 is 29.9. The Morgan fingerprint density at radius 2 is 2.27 bits per heavy atom. The number of carbonyl (C=O) groups is 1. The molecule has 1 aromatic rings. The number of ether oxygens (including phenoxy) is 1. The Kier molecular flexibility index (Phi) is 3.57. The predicted molar refractivity (Wildman–Crippen MR) is 50.5 cm³/mol. The highest BCUT2D eigenvalue weighted by Crippen LogP contribution is 2.25. The molecule has 0 saturated heterocycles. The van der Waals surface area contributed by atoms with Gasteiger partial charge in [0.25, 0.3) is 0 Å². The molecule has 1 aromatic heterocycles. The lowest BCUT2D eigenvalue weighted by atomic mass is 10.2. The van der Waals surface area contributed by atoms with Gasteiger partial charge in [-0.05, 0) is 24.6 Å². The van der Waals surface area contributed by atoms with E-state index < -0.39 is 11.2 Å². The Morgan fingerprint density at radius 3 is 2.80 bits per heavy atom. The third-order valence-corrected chi connectivity index (χ3v) is 1.72. The molecule has 0 unspecified atom stereocenters. The number of hydrogen-bond donors (Lipinski definition) is 0. The zero-order valence-corrected chi connectivity index (χ0v) is 8.59. The van der Waals surface area contributed by atoms with Crippen LogP contribution in [0.1, 0.15) is 17.3 Å². The molecule has 0 bridgehead atoms. The minimum absolute atomic E-state index is 0.254. The van der Waals surface area contributed by atoms with Crippen LogP contribution in [0.15, 0.2) is 18.5 Å². The largest absolute Gasteiger partial charge is 0.492 e. The molecule has 1 rings (SSSR count). The first-order chi connectivity index (χ1) is 6.95. The third kappa shape index (κ3) is 3.13. The number of nitrogens with zero attached hydrogens (tertiary/aromatic N) is 1. The number of aromatic nitrogens is 1. The molecule has 0 saturated carbocycles. The second-order valence-corrected chi connectivity index (χ2v) is 3.14. The van der Waals surface area contributed by atoms with Crippen molar-refractivity contribution < 1.29 is 18.3 Å². The summed E-state index contributed by atoms with van der Waals surface area (Å²) in [6.07, 6.45) is 2.34. The number of carbonyl (C=O) groups excluding carboxylic acids is 1. The average molecular weight is 236 g/mol. The van der Waals surface area contributed by atoms with Gasteiger partial charge in [-0.15, -0.1) is 0 Å². The quantitative estimate of drug-likeness (QED) is 0.595. The summed E-state index contributed by atoms with van der Waals surface area (Å²) in [5.41, 5.74) is -0.277. The van der Waals surface area contributed by atoms with Crippen molar-refractivity contribution in [1.29, 1.82) is 0 Å². The highest BCUT2D eigenvalue weighted by molar-refractivity contribution is 6.35. The van der Waals surface area contributed by atoms with Crippen LogP contribution in [0.4, 0.5) is 8.78 Å². The van der Waals surface area contributed by atoms with Gasteiger partial charge in [0.15, 0.2) is 0 Å². The molecule has 0 amide bonds. The summed E-state index contributed by atoms with van der Waals surface area (Å²) in [6.45, 7) is 2.08. The summed E-state index contributed by atoms with van der Waals surface area (Å²) in [5.74, 6) is -1.23. The molecule has 0 aliphatic carbocycles. The lowest BCUT2D eigenvalue weighted by molar-refractivity contribution is 0.0535. The van der Waals surface area contributed by atoms with Crippen molar-refractivity contribution in [3.8, 4) is 5.75 Å². The van der Waals surface area contributed by atoms with E-state index in [0.29, 0.717) is 6.61 Å². The zero-order chi connectivity index (χ0) is 11.5. The molecule has 15 heavy (non-hydrogen) atoms. The summed E-state index contributed by atoms with van der Waals surface area (Å²) in [7, 11) is 0. The van der Waals surface area contributed by atoms with E-state index in [1.165, 1.54) is 12.3 Å². The first-order valence-corrected chi connectivity index (χ1v) is 4.52. The van der Waals surface area contributed by atoms with Crippen LogP contribution in [0.2, 0.25) is 0 Å². The standard InChI is InChI=1S/C9H8ClF2NO2/c1-2-15-7-3-6(4-13-5-7)8(14)9(10,11)12/h3-5H,2H2,1H3. The van der Waals surface area contributed by atoms with E-state index in [1.54, 1.807) is 6.92 Å².